The lowest BCUT2D eigenvalue weighted by atomic mass is 9.96. The van der Waals surface area contributed by atoms with Crippen LogP contribution in [-0.4, -0.2) is 54.6 Å². The van der Waals surface area contributed by atoms with Gasteiger partial charge in [-0.2, -0.15) is 0 Å². The number of ether oxygens (including phenoxy) is 2. The lowest BCUT2D eigenvalue weighted by molar-refractivity contribution is -0.142. The second kappa shape index (κ2) is 4.97. The molecule has 3 fully saturated rings. The molecule has 3 N–H and O–H groups in total. The van der Waals surface area contributed by atoms with Crippen LogP contribution in [0.25, 0.3) is 0 Å². The number of amides is 2. The number of carbonyl (C=O) groups is 2. The van der Waals surface area contributed by atoms with Crippen LogP contribution in [0.4, 0.5) is 4.79 Å². The average Bonchev–Trinajstić information content (AvgIpc) is 3.03. The third kappa shape index (κ3) is 2.52. The van der Waals surface area contributed by atoms with Gasteiger partial charge in [0.1, 0.15) is 5.92 Å². The van der Waals surface area contributed by atoms with Gasteiger partial charge in [0.2, 0.25) is 0 Å². The molecule has 3 heterocycles. The zero-order valence-corrected chi connectivity index (χ0v) is 10.5. The van der Waals surface area contributed by atoms with Crippen LogP contribution < -0.4 is 10.6 Å². The molecule has 5 unspecified atom stereocenters. The number of rotatable bonds is 3. The summed E-state index contributed by atoms with van der Waals surface area (Å²) in [6.45, 7) is 0.398. The van der Waals surface area contributed by atoms with Crippen molar-refractivity contribution in [3.63, 3.8) is 0 Å². The minimum Gasteiger partial charge on any atom is -0.481 e. The van der Waals surface area contributed by atoms with Gasteiger partial charge in [-0.25, -0.2) is 4.79 Å². The Morgan fingerprint density at radius 1 is 1.11 bits per heavy atom. The van der Waals surface area contributed by atoms with Crippen molar-refractivity contribution < 1.29 is 24.2 Å². The molecule has 2 amide bonds. The van der Waals surface area contributed by atoms with Crippen molar-refractivity contribution in [3.05, 3.63) is 0 Å². The van der Waals surface area contributed by atoms with Crippen LogP contribution in [-0.2, 0) is 14.3 Å². The van der Waals surface area contributed by atoms with Crippen LogP contribution in [0.1, 0.15) is 19.3 Å². The van der Waals surface area contributed by atoms with Gasteiger partial charge in [-0.3, -0.25) is 4.79 Å². The largest absolute Gasteiger partial charge is 0.481 e. The van der Waals surface area contributed by atoms with Crippen molar-refractivity contribution in [1.29, 1.82) is 0 Å². The summed E-state index contributed by atoms with van der Waals surface area (Å²) in [4.78, 5) is 22.8. The van der Waals surface area contributed by atoms with Crippen LogP contribution in [0.15, 0.2) is 0 Å². The van der Waals surface area contributed by atoms with Crippen molar-refractivity contribution in [3.8, 4) is 0 Å². The highest BCUT2D eigenvalue weighted by Crippen LogP contribution is 2.34. The highest BCUT2D eigenvalue weighted by Gasteiger charge is 2.42. The predicted octanol–water partition coefficient (Wildman–Crippen LogP) is -0.295. The molecule has 3 saturated heterocycles. The molecule has 7 nitrogen and oxygen atoms in total. The number of carbonyl (C=O) groups excluding carboxylic acids is 1. The van der Waals surface area contributed by atoms with Gasteiger partial charge >= 0.3 is 12.0 Å². The zero-order valence-electron chi connectivity index (χ0n) is 10.5. The second-order valence-corrected chi connectivity index (χ2v) is 5.42. The Morgan fingerprint density at radius 2 is 1.89 bits per heavy atom. The van der Waals surface area contributed by atoms with E-state index in [4.69, 9.17) is 14.6 Å². The minimum absolute atomic E-state index is 0.0457. The van der Waals surface area contributed by atoms with Crippen molar-refractivity contribution in [2.45, 2.75) is 43.6 Å². The van der Waals surface area contributed by atoms with Crippen LogP contribution in [0.2, 0.25) is 0 Å². The van der Waals surface area contributed by atoms with Gasteiger partial charge in [-0.15, -0.1) is 0 Å². The highest BCUT2D eigenvalue weighted by molar-refractivity contribution is 5.77. The Kier molecular flexibility index (Phi) is 3.32. The molecular formula is C12H18N2O5. The number of urea groups is 1. The van der Waals surface area contributed by atoms with Crippen molar-refractivity contribution in [2.75, 3.05) is 13.2 Å². The summed E-state index contributed by atoms with van der Waals surface area (Å²) in [7, 11) is 0. The van der Waals surface area contributed by atoms with E-state index in [2.05, 4.69) is 10.6 Å². The monoisotopic (exact) mass is 270 g/mol. The Bertz CT molecular complexity index is 388. The fourth-order valence-corrected chi connectivity index (χ4v) is 3.11. The molecule has 5 atom stereocenters. The van der Waals surface area contributed by atoms with Crippen LogP contribution >= 0.6 is 0 Å². The first-order valence-electron chi connectivity index (χ1n) is 6.66. The van der Waals surface area contributed by atoms with Crippen LogP contribution in [0, 0.1) is 5.92 Å². The second-order valence-electron chi connectivity index (χ2n) is 5.42. The van der Waals surface area contributed by atoms with Gasteiger partial charge in [-0.05, 0) is 19.3 Å². The number of fused-ring (bicyclic) bond motifs is 2. The smallest absolute Gasteiger partial charge is 0.315 e. The van der Waals surface area contributed by atoms with Gasteiger partial charge in [0, 0.05) is 0 Å². The summed E-state index contributed by atoms with van der Waals surface area (Å²) in [6, 6.07) is -0.746. The number of carboxylic acids is 1. The van der Waals surface area contributed by atoms with E-state index in [9.17, 15) is 9.59 Å². The van der Waals surface area contributed by atoms with E-state index < -0.39 is 17.9 Å². The highest BCUT2D eigenvalue weighted by atomic mass is 16.5. The van der Waals surface area contributed by atoms with E-state index >= 15 is 0 Å². The third-order valence-electron chi connectivity index (χ3n) is 4.14. The summed E-state index contributed by atoms with van der Waals surface area (Å²) in [6.07, 6.45) is 3.30. The molecule has 3 aliphatic heterocycles. The Hall–Kier alpha value is -1.34. The first-order valence-corrected chi connectivity index (χ1v) is 6.66. The number of hydrogen-bond donors (Lipinski definition) is 3. The molecule has 0 aromatic carbocycles. The van der Waals surface area contributed by atoms with E-state index in [1.165, 1.54) is 0 Å². The van der Waals surface area contributed by atoms with Gasteiger partial charge in [0.15, 0.2) is 0 Å². The average molecular weight is 270 g/mol. The number of carboxylic acid groups (broad SMARTS) is 1. The van der Waals surface area contributed by atoms with E-state index in [0.29, 0.717) is 0 Å². The molecule has 7 heteroatoms. The maximum atomic E-state index is 11.9. The Labute approximate surface area is 110 Å². The van der Waals surface area contributed by atoms with Crippen molar-refractivity contribution >= 4 is 12.0 Å². The molecule has 0 spiro atoms. The summed E-state index contributed by atoms with van der Waals surface area (Å²) < 4.78 is 10.8. The molecule has 0 radical (unpaired) electrons. The SMILES string of the molecule is O=C(NC1CC2CCC1O2)NC1COCC1C(=O)O. The fraction of sp³-hybridized carbons (Fsp3) is 0.833. The molecule has 3 rings (SSSR count). The fourth-order valence-electron chi connectivity index (χ4n) is 3.11. The molecule has 19 heavy (non-hydrogen) atoms. The first-order chi connectivity index (χ1) is 9.13. The molecular weight excluding hydrogens is 252 g/mol. The van der Waals surface area contributed by atoms with E-state index in [1.807, 2.05) is 0 Å². The molecule has 0 aromatic rings. The molecule has 0 aromatic heterocycles. The Morgan fingerprint density at radius 3 is 2.53 bits per heavy atom. The lowest BCUT2D eigenvalue weighted by Gasteiger charge is -2.22. The maximum absolute atomic E-state index is 11.9. The van der Waals surface area contributed by atoms with Crippen LogP contribution in [0.3, 0.4) is 0 Å². The maximum Gasteiger partial charge on any atom is 0.315 e. The molecule has 0 aliphatic carbocycles. The normalized spacial score (nSPS) is 40.3. The zero-order chi connectivity index (χ0) is 13.4. The van der Waals surface area contributed by atoms with Crippen molar-refractivity contribution in [1.82, 2.24) is 10.6 Å². The van der Waals surface area contributed by atoms with E-state index in [1.54, 1.807) is 0 Å². The Balaban J connectivity index is 1.50. The third-order valence-corrected chi connectivity index (χ3v) is 4.14. The quantitative estimate of drug-likeness (QED) is 0.654. The predicted molar refractivity (Wildman–Crippen MR) is 63.7 cm³/mol. The molecule has 3 aliphatic rings. The van der Waals surface area contributed by atoms with E-state index in [-0.39, 0.29) is 37.5 Å². The minimum atomic E-state index is -0.939. The van der Waals surface area contributed by atoms with Crippen LogP contribution in [0.5, 0.6) is 0 Å². The molecule has 106 valence electrons. The lowest BCUT2D eigenvalue weighted by Crippen LogP contribution is -2.51. The van der Waals surface area contributed by atoms with Crippen molar-refractivity contribution in [2.24, 2.45) is 5.92 Å². The van der Waals surface area contributed by atoms with E-state index in [0.717, 1.165) is 19.3 Å². The molecule has 2 bridgehead atoms. The van der Waals surface area contributed by atoms with Gasteiger partial charge in [0.25, 0.3) is 0 Å². The van der Waals surface area contributed by atoms with Gasteiger partial charge in [-0.1, -0.05) is 0 Å². The molecule has 0 saturated carbocycles. The number of hydrogen-bond acceptors (Lipinski definition) is 4. The summed E-state index contributed by atoms with van der Waals surface area (Å²) in [5.41, 5.74) is 0. The topological polar surface area (TPSA) is 96.9 Å². The summed E-state index contributed by atoms with van der Waals surface area (Å²) in [5.74, 6) is -1.60. The standard InChI is InChI=1S/C12H18N2O5/c15-11(16)7-4-18-5-9(7)14-12(17)13-8-3-6-1-2-10(8)19-6/h6-10H,1-5H2,(H,15,16)(H2,13,14,17). The first kappa shape index (κ1) is 12.7. The summed E-state index contributed by atoms with van der Waals surface area (Å²) in [5, 5.41) is 14.6. The number of aliphatic carboxylic acids is 1. The summed E-state index contributed by atoms with van der Waals surface area (Å²) >= 11 is 0. The van der Waals surface area contributed by atoms with Gasteiger partial charge < -0.3 is 25.2 Å². The van der Waals surface area contributed by atoms with Gasteiger partial charge in [0.05, 0.1) is 37.5 Å². The number of nitrogens with one attached hydrogen (secondary N) is 2.